The number of carbonyl (C=O) groups is 1. The molecule has 1 amide bonds. The van der Waals surface area contributed by atoms with Gasteiger partial charge in [-0.3, -0.25) is 4.79 Å². The fourth-order valence-corrected chi connectivity index (χ4v) is 3.66. The molecule has 152 valence electrons. The second-order valence-corrected chi connectivity index (χ2v) is 6.83. The molecule has 0 spiro atoms. The summed E-state index contributed by atoms with van der Waals surface area (Å²) < 4.78 is 17.5. The molecule has 0 fully saturated rings. The van der Waals surface area contributed by atoms with E-state index < -0.39 is 0 Å². The molecule has 2 aromatic heterocycles. The summed E-state index contributed by atoms with van der Waals surface area (Å²) >= 11 is 0. The fraction of sp³-hybridized carbons (Fsp3) is 0.400. The average Bonchev–Trinajstić information content (AvgIpc) is 3.34. The molecule has 0 aliphatic heterocycles. The number of carbonyl (C=O) groups excluding carboxylic acids is 1. The molecule has 1 N–H and O–H groups in total. The Hall–Kier alpha value is -3.36. The van der Waals surface area contributed by atoms with Gasteiger partial charge in [-0.15, -0.1) is 15.3 Å². The topological polar surface area (TPSA) is 99.9 Å². The molecule has 0 saturated heterocycles. The van der Waals surface area contributed by atoms with Crippen molar-refractivity contribution in [3.8, 4) is 17.4 Å². The maximum atomic E-state index is 12.6. The van der Waals surface area contributed by atoms with Crippen molar-refractivity contribution in [2.24, 2.45) is 0 Å². The van der Waals surface area contributed by atoms with E-state index in [1.165, 1.54) is 5.56 Å². The SMILES string of the molecule is COc1ccc2nnc(CCC(=O)N[C@H]3CCc4cc(OC)c(OC)cc43)n2n1. The van der Waals surface area contributed by atoms with Crippen LogP contribution in [0, 0.1) is 0 Å². The number of nitrogens with zero attached hydrogens (tertiary/aromatic N) is 4. The van der Waals surface area contributed by atoms with Gasteiger partial charge in [0.15, 0.2) is 23.0 Å². The molecule has 29 heavy (non-hydrogen) atoms. The molecule has 1 atom stereocenters. The van der Waals surface area contributed by atoms with E-state index in [4.69, 9.17) is 14.2 Å². The van der Waals surface area contributed by atoms with Gasteiger partial charge in [0.1, 0.15) is 0 Å². The van der Waals surface area contributed by atoms with Crippen LogP contribution in [-0.2, 0) is 17.6 Å². The number of amides is 1. The van der Waals surface area contributed by atoms with Crippen LogP contribution in [0.15, 0.2) is 24.3 Å². The van der Waals surface area contributed by atoms with E-state index >= 15 is 0 Å². The summed E-state index contributed by atoms with van der Waals surface area (Å²) in [7, 11) is 4.78. The maximum Gasteiger partial charge on any atom is 0.231 e. The summed E-state index contributed by atoms with van der Waals surface area (Å²) in [5.74, 6) is 2.42. The molecular weight excluding hydrogens is 374 g/mol. The second-order valence-electron chi connectivity index (χ2n) is 6.83. The summed E-state index contributed by atoms with van der Waals surface area (Å²) in [6, 6.07) is 7.40. The summed E-state index contributed by atoms with van der Waals surface area (Å²) in [5, 5.41) is 15.6. The third-order valence-electron chi connectivity index (χ3n) is 5.15. The minimum Gasteiger partial charge on any atom is -0.493 e. The van der Waals surface area contributed by atoms with Crippen LogP contribution in [0.1, 0.15) is 35.8 Å². The largest absolute Gasteiger partial charge is 0.493 e. The van der Waals surface area contributed by atoms with E-state index in [0.29, 0.717) is 41.7 Å². The van der Waals surface area contributed by atoms with Crippen LogP contribution in [0.4, 0.5) is 0 Å². The van der Waals surface area contributed by atoms with Crippen LogP contribution in [0.25, 0.3) is 5.65 Å². The lowest BCUT2D eigenvalue weighted by atomic mass is 10.1. The highest BCUT2D eigenvalue weighted by Gasteiger charge is 2.26. The Kier molecular flexibility index (Phi) is 5.20. The first kappa shape index (κ1) is 19.0. The van der Waals surface area contributed by atoms with E-state index in [1.54, 1.807) is 38.0 Å². The highest BCUT2D eigenvalue weighted by atomic mass is 16.5. The Labute approximate surface area is 168 Å². The first-order valence-corrected chi connectivity index (χ1v) is 9.42. The van der Waals surface area contributed by atoms with Gasteiger partial charge in [-0.1, -0.05) is 0 Å². The fourth-order valence-electron chi connectivity index (χ4n) is 3.66. The smallest absolute Gasteiger partial charge is 0.231 e. The predicted molar refractivity (Wildman–Crippen MR) is 104 cm³/mol. The highest BCUT2D eigenvalue weighted by Crippen LogP contribution is 2.39. The van der Waals surface area contributed by atoms with Crippen molar-refractivity contribution in [3.63, 3.8) is 0 Å². The number of ether oxygens (including phenoxy) is 3. The molecule has 0 radical (unpaired) electrons. The van der Waals surface area contributed by atoms with Crippen molar-refractivity contribution in [2.45, 2.75) is 31.7 Å². The number of nitrogens with one attached hydrogen (secondary N) is 1. The lowest BCUT2D eigenvalue weighted by Gasteiger charge is -2.16. The van der Waals surface area contributed by atoms with Gasteiger partial charge in [0, 0.05) is 18.9 Å². The number of methoxy groups -OCH3 is 3. The molecule has 0 saturated carbocycles. The van der Waals surface area contributed by atoms with E-state index in [-0.39, 0.29) is 11.9 Å². The predicted octanol–water partition coefficient (Wildman–Crippen LogP) is 1.89. The molecule has 0 bridgehead atoms. The van der Waals surface area contributed by atoms with E-state index in [1.807, 2.05) is 12.1 Å². The van der Waals surface area contributed by atoms with Gasteiger partial charge < -0.3 is 19.5 Å². The molecule has 9 nitrogen and oxygen atoms in total. The normalized spacial score (nSPS) is 15.2. The molecule has 3 aromatic rings. The summed E-state index contributed by atoms with van der Waals surface area (Å²) in [6.07, 6.45) is 2.46. The van der Waals surface area contributed by atoms with Gasteiger partial charge in [0.25, 0.3) is 0 Å². The molecule has 4 rings (SSSR count). The Balaban J connectivity index is 1.43. The summed E-state index contributed by atoms with van der Waals surface area (Å²) in [5.41, 5.74) is 2.87. The van der Waals surface area contributed by atoms with E-state index in [9.17, 15) is 4.79 Å². The molecule has 0 unspecified atom stereocenters. The minimum atomic E-state index is -0.0442. The minimum absolute atomic E-state index is 0.0364. The Bertz CT molecular complexity index is 1050. The maximum absolute atomic E-state index is 12.6. The number of aromatic nitrogens is 4. The molecular formula is C20H23N5O4. The summed E-state index contributed by atoms with van der Waals surface area (Å²) in [6.45, 7) is 0. The lowest BCUT2D eigenvalue weighted by molar-refractivity contribution is -0.121. The first-order valence-electron chi connectivity index (χ1n) is 9.42. The highest BCUT2D eigenvalue weighted by molar-refractivity contribution is 5.77. The van der Waals surface area contributed by atoms with Crippen molar-refractivity contribution in [1.29, 1.82) is 0 Å². The molecule has 9 heteroatoms. The van der Waals surface area contributed by atoms with Crippen LogP contribution in [0.2, 0.25) is 0 Å². The molecule has 1 aliphatic rings. The number of hydrogen-bond acceptors (Lipinski definition) is 7. The van der Waals surface area contributed by atoms with Gasteiger partial charge >= 0.3 is 0 Å². The van der Waals surface area contributed by atoms with Gasteiger partial charge in [0.05, 0.1) is 27.4 Å². The number of aryl methyl sites for hydroxylation is 2. The molecule has 2 heterocycles. The van der Waals surface area contributed by atoms with Crippen molar-refractivity contribution < 1.29 is 19.0 Å². The summed E-state index contributed by atoms with van der Waals surface area (Å²) in [4.78, 5) is 12.6. The number of fused-ring (bicyclic) bond motifs is 2. The number of rotatable bonds is 7. The van der Waals surface area contributed by atoms with Crippen LogP contribution in [-0.4, -0.2) is 47.0 Å². The van der Waals surface area contributed by atoms with Crippen LogP contribution in [0.3, 0.4) is 0 Å². The molecule has 1 aliphatic carbocycles. The number of benzene rings is 1. The molecule has 1 aromatic carbocycles. The second kappa shape index (κ2) is 7.94. The van der Waals surface area contributed by atoms with Gasteiger partial charge in [-0.25, -0.2) is 0 Å². The van der Waals surface area contributed by atoms with Crippen molar-refractivity contribution >= 4 is 11.6 Å². The van der Waals surface area contributed by atoms with Crippen LogP contribution < -0.4 is 19.5 Å². The third kappa shape index (κ3) is 3.67. The monoisotopic (exact) mass is 397 g/mol. The van der Waals surface area contributed by atoms with Gasteiger partial charge in [0.2, 0.25) is 11.8 Å². The standard InChI is InChI=1S/C20H23N5O4/c1-27-15-10-12-4-5-14(13(12)11-16(15)28-2)21-19(26)8-6-17-22-23-18-7-9-20(29-3)24-25(17)18/h7,9-11,14H,4-6,8H2,1-3H3,(H,21,26)/t14-/m0/s1. The third-order valence-corrected chi connectivity index (χ3v) is 5.15. The van der Waals surface area contributed by atoms with Gasteiger partial charge in [-0.2, -0.15) is 4.52 Å². The average molecular weight is 397 g/mol. The zero-order valence-corrected chi connectivity index (χ0v) is 16.6. The quantitative estimate of drug-likeness (QED) is 0.650. The van der Waals surface area contributed by atoms with Crippen molar-refractivity contribution in [1.82, 2.24) is 25.1 Å². The van der Waals surface area contributed by atoms with Crippen LogP contribution >= 0.6 is 0 Å². The lowest BCUT2D eigenvalue weighted by Crippen LogP contribution is -2.27. The first-order chi connectivity index (χ1) is 14.1. The van der Waals surface area contributed by atoms with E-state index in [0.717, 1.165) is 18.4 Å². The Morgan fingerprint density at radius 3 is 2.69 bits per heavy atom. The Morgan fingerprint density at radius 2 is 1.93 bits per heavy atom. The van der Waals surface area contributed by atoms with E-state index in [2.05, 4.69) is 20.6 Å². The van der Waals surface area contributed by atoms with Gasteiger partial charge in [-0.05, 0) is 42.2 Å². The zero-order chi connectivity index (χ0) is 20.4. The zero-order valence-electron chi connectivity index (χ0n) is 16.6. The van der Waals surface area contributed by atoms with Crippen LogP contribution in [0.5, 0.6) is 17.4 Å². The number of hydrogen-bond donors (Lipinski definition) is 1. The Morgan fingerprint density at radius 1 is 1.14 bits per heavy atom. The van der Waals surface area contributed by atoms with Crippen molar-refractivity contribution in [2.75, 3.05) is 21.3 Å². The van der Waals surface area contributed by atoms with Crippen molar-refractivity contribution in [3.05, 3.63) is 41.2 Å².